The highest BCUT2D eigenvalue weighted by Crippen LogP contribution is 2.17. The molecular formula is C18H20ClN3O. The number of hydrogen-bond acceptors (Lipinski definition) is 3. The first kappa shape index (κ1) is 16.0. The minimum absolute atomic E-state index is 0.154. The van der Waals surface area contributed by atoms with Gasteiger partial charge in [-0.15, -0.1) is 0 Å². The number of halogens is 1. The SMILES string of the molecule is O=C(Cc1ccccc1Cl)N1CCN(Cc2ccncc2)CC1. The maximum absolute atomic E-state index is 12.4. The molecule has 120 valence electrons. The molecule has 3 rings (SSSR count). The lowest BCUT2D eigenvalue weighted by Crippen LogP contribution is -2.48. The smallest absolute Gasteiger partial charge is 0.227 e. The van der Waals surface area contributed by atoms with Gasteiger partial charge in [-0.3, -0.25) is 14.7 Å². The Morgan fingerprint density at radius 2 is 1.74 bits per heavy atom. The third kappa shape index (κ3) is 4.30. The lowest BCUT2D eigenvalue weighted by atomic mass is 10.1. The van der Waals surface area contributed by atoms with Gasteiger partial charge in [0.05, 0.1) is 6.42 Å². The van der Waals surface area contributed by atoms with E-state index in [2.05, 4.69) is 9.88 Å². The molecule has 23 heavy (non-hydrogen) atoms. The minimum Gasteiger partial charge on any atom is -0.340 e. The fourth-order valence-corrected chi connectivity index (χ4v) is 3.02. The summed E-state index contributed by atoms with van der Waals surface area (Å²) in [6, 6.07) is 11.6. The van der Waals surface area contributed by atoms with Crippen molar-refractivity contribution in [3.8, 4) is 0 Å². The molecule has 0 radical (unpaired) electrons. The van der Waals surface area contributed by atoms with Gasteiger partial charge in [0.2, 0.25) is 5.91 Å². The Labute approximate surface area is 141 Å². The van der Waals surface area contributed by atoms with Gasteiger partial charge < -0.3 is 4.90 Å². The van der Waals surface area contributed by atoms with Crippen LogP contribution in [0, 0.1) is 0 Å². The molecule has 1 fully saturated rings. The Kier molecular flexibility index (Phi) is 5.26. The van der Waals surface area contributed by atoms with E-state index in [1.807, 2.05) is 53.7 Å². The third-order valence-corrected chi connectivity index (χ3v) is 4.55. The van der Waals surface area contributed by atoms with E-state index in [1.165, 1.54) is 5.56 Å². The number of benzene rings is 1. The minimum atomic E-state index is 0.154. The number of nitrogens with zero attached hydrogens (tertiary/aromatic N) is 3. The largest absolute Gasteiger partial charge is 0.340 e. The van der Waals surface area contributed by atoms with Gasteiger partial charge >= 0.3 is 0 Å². The highest BCUT2D eigenvalue weighted by molar-refractivity contribution is 6.31. The van der Waals surface area contributed by atoms with Gasteiger partial charge in [-0.1, -0.05) is 29.8 Å². The fourth-order valence-electron chi connectivity index (χ4n) is 2.82. The summed E-state index contributed by atoms with van der Waals surface area (Å²) in [7, 11) is 0. The van der Waals surface area contributed by atoms with Crippen molar-refractivity contribution >= 4 is 17.5 Å². The first-order valence-electron chi connectivity index (χ1n) is 7.85. The van der Waals surface area contributed by atoms with Gasteiger partial charge in [-0.2, -0.15) is 0 Å². The predicted molar refractivity (Wildman–Crippen MR) is 91.3 cm³/mol. The molecule has 0 saturated carbocycles. The van der Waals surface area contributed by atoms with Crippen molar-refractivity contribution in [1.82, 2.24) is 14.8 Å². The van der Waals surface area contributed by atoms with Gasteiger partial charge in [-0.05, 0) is 29.3 Å². The van der Waals surface area contributed by atoms with Gasteiger partial charge in [-0.25, -0.2) is 0 Å². The molecular weight excluding hydrogens is 310 g/mol. The molecule has 2 aromatic rings. The van der Waals surface area contributed by atoms with E-state index in [4.69, 9.17) is 11.6 Å². The fraction of sp³-hybridized carbons (Fsp3) is 0.333. The van der Waals surface area contributed by atoms with E-state index in [0.717, 1.165) is 38.3 Å². The molecule has 0 spiro atoms. The van der Waals surface area contributed by atoms with Gasteiger partial charge in [0.25, 0.3) is 0 Å². The topological polar surface area (TPSA) is 36.4 Å². The van der Waals surface area contributed by atoms with Crippen LogP contribution in [0.4, 0.5) is 0 Å². The molecule has 5 heteroatoms. The standard InChI is InChI=1S/C18H20ClN3O/c19-17-4-2-1-3-16(17)13-18(23)22-11-9-21(10-12-22)14-15-5-7-20-8-6-15/h1-8H,9-14H2. The van der Waals surface area contributed by atoms with Crippen molar-refractivity contribution < 1.29 is 4.79 Å². The number of piperazine rings is 1. The summed E-state index contributed by atoms with van der Waals surface area (Å²) >= 11 is 6.14. The van der Waals surface area contributed by atoms with Crippen LogP contribution in [-0.4, -0.2) is 46.9 Å². The zero-order valence-electron chi connectivity index (χ0n) is 13.0. The summed E-state index contributed by atoms with van der Waals surface area (Å²) in [5, 5.41) is 0.664. The van der Waals surface area contributed by atoms with E-state index in [1.54, 1.807) is 0 Å². The Morgan fingerprint density at radius 3 is 2.43 bits per heavy atom. The summed E-state index contributed by atoms with van der Waals surface area (Å²) in [5.41, 5.74) is 2.16. The quantitative estimate of drug-likeness (QED) is 0.865. The molecule has 1 aliphatic rings. The number of amides is 1. The van der Waals surface area contributed by atoms with Crippen LogP contribution in [0.5, 0.6) is 0 Å². The van der Waals surface area contributed by atoms with E-state index in [9.17, 15) is 4.79 Å². The zero-order chi connectivity index (χ0) is 16.1. The van der Waals surface area contributed by atoms with Crippen LogP contribution in [0.3, 0.4) is 0 Å². The number of aromatic nitrogens is 1. The highest BCUT2D eigenvalue weighted by atomic mass is 35.5. The van der Waals surface area contributed by atoms with E-state index in [-0.39, 0.29) is 5.91 Å². The molecule has 0 atom stereocenters. The summed E-state index contributed by atoms with van der Waals surface area (Å²) < 4.78 is 0. The Balaban J connectivity index is 1.50. The highest BCUT2D eigenvalue weighted by Gasteiger charge is 2.21. The first-order chi connectivity index (χ1) is 11.2. The van der Waals surface area contributed by atoms with Crippen LogP contribution in [0.15, 0.2) is 48.8 Å². The lowest BCUT2D eigenvalue weighted by molar-refractivity contribution is -0.132. The molecule has 2 heterocycles. The Morgan fingerprint density at radius 1 is 1.04 bits per heavy atom. The van der Waals surface area contributed by atoms with E-state index < -0.39 is 0 Å². The molecule has 0 N–H and O–H groups in total. The molecule has 4 nitrogen and oxygen atoms in total. The molecule has 0 aliphatic carbocycles. The van der Waals surface area contributed by atoms with E-state index in [0.29, 0.717) is 11.4 Å². The normalized spacial score (nSPS) is 15.6. The predicted octanol–water partition coefficient (Wildman–Crippen LogP) is 2.62. The first-order valence-corrected chi connectivity index (χ1v) is 8.22. The van der Waals surface area contributed by atoms with E-state index >= 15 is 0 Å². The van der Waals surface area contributed by atoms with Crippen molar-refractivity contribution in [3.05, 3.63) is 64.9 Å². The van der Waals surface area contributed by atoms with Crippen molar-refractivity contribution in [2.75, 3.05) is 26.2 Å². The van der Waals surface area contributed by atoms with Gasteiger partial charge in [0, 0.05) is 50.1 Å². The van der Waals surface area contributed by atoms with Crippen molar-refractivity contribution in [2.24, 2.45) is 0 Å². The van der Waals surface area contributed by atoms with Gasteiger partial charge in [0.1, 0.15) is 0 Å². The lowest BCUT2D eigenvalue weighted by Gasteiger charge is -2.34. The molecule has 0 unspecified atom stereocenters. The van der Waals surface area contributed by atoms with Crippen molar-refractivity contribution in [2.45, 2.75) is 13.0 Å². The Hall–Kier alpha value is -1.91. The summed E-state index contributed by atoms with van der Waals surface area (Å²) in [6.45, 7) is 4.25. The summed E-state index contributed by atoms with van der Waals surface area (Å²) in [4.78, 5) is 20.8. The van der Waals surface area contributed by atoms with Crippen LogP contribution < -0.4 is 0 Å². The third-order valence-electron chi connectivity index (χ3n) is 4.18. The summed E-state index contributed by atoms with van der Waals surface area (Å²) in [6.07, 6.45) is 4.02. The van der Waals surface area contributed by atoms with Crippen molar-refractivity contribution in [3.63, 3.8) is 0 Å². The molecule has 1 aromatic heterocycles. The average Bonchev–Trinajstić information content (AvgIpc) is 2.58. The maximum atomic E-state index is 12.4. The Bertz CT molecular complexity index is 654. The second-order valence-corrected chi connectivity index (χ2v) is 6.19. The second kappa shape index (κ2) is 7.57. The molecule has 1 aromatic carbocycles. The monoisotopic (exact) mass is 329 g/mol. The van der Waals surface area contributed by atoms with Crippen molar-refractivity contribution in [1.29, 1.82) is 0 Å². The van der Waals surface area contributed by atoms with Crippen LogP contribution in [0.2, 0.25) is 5.02 Å². The van der Waals surface area contributed by atoms with Crippen LogP contribution in [0.25, 0.3) is 0 Å². The number of pyridine rings is 1. The van der Waals surface area contributed by atoms with Gasteiger partial charge in [0.15, 0.2) is 0 Å². The average molecular weight is 330 g/mol. The molecule has 1 saturated heterocycles. The summed E-state index contributed by atoms with van der Waals surface area (Å²) in [5.74, 6) is 0.154. The molecule has 1 aliphatic heterocycles. The molecule has 1 amide bonds. The molecule has 0 bridgehead atoms. The number of rotatable bonds is 4. The number of hydrogen-bond donors (Lipinski definition) is 0. The second-order valence-electron chi connectivity index (χ2n) is 5.78. The van der Waals surface area contributed by atoms with Crippen LogP contribution >= 0.6 is 11.6 Å². The number of carbonyl (C=O) groups excluding carboxylic acids is 1. The van der Waals surface area contributed by atoms with Crippen LogP contribution in [-0.2, 0) is 17.8 Å². The number of carbonyl (C=O) groups is 1. The zero-order valence-corrected chi connectivity index (χ0v) is 13.7. The van der Waals surface area contributed by atoms with Crippen LogP contribution in [0.1, 0.15) is 11.1 Å². The maximum Gasteiger partial charge on any atom is 0.227 e.